The van der Waals surface area contributed by atoms with E-state index in [0.717, 1.165) is 27.9 Å². The van der Waals surface area contributed by atoms with Crippen molar-refractivity contribution in [1.29, 1.82) is 0 Å². The summed E-state index contributed by atoms with van der Waals surface area (Å²) in [4.78, 5) is 14.8. The zero-order chi connectivity index (χ0) is 36.9. The molecule has 0 atom stereocenters. The number of nitrogens with zero attached hydrogens (tertiary/aromatic N) is 4. The molecule has 0 fully saturated rings. The summed E-state index contributed by atoms with van der Waals surface area (Å²) in [7, 11) is 0. The topological polar surface area (TPSA) is 43.6 Å². The van der Waals surface area contributed by atoms with Gasteiger partial charge < -0.3 is 4.57 Å². The lowest BCUT2D eigenvalue weighted by molar-refractivity contribution is 1.07. The number of rotatable bonds is 6. The number of hydrogen-bond acceptors (Lipinski definition) is 3. The molecule has 8 aromatic carbocycles. The van der Waals surface area contributed by atoms with E-state index in [1.165, 1.54) is 60.4 Å². The number of benzene rings is 8. The molecule has 0 unspecified atom stereocenters. The molecule has 4 heteroatoms. The highest BCUT2D eigenvalue weighted by Gasteiger charge is 2.18. The van der Waals surface area contributed by atoms with E-state index in [0.29, 0.717) is 17.5 Å². The molecule has 10 aromatic rings. The normalized spacial score (nSPS) is 11.5. The summed E-state index contributed by atoms with van der Waals surface area (Å²) in [6.45, 7) is 4.39. The summed E-state index contributed by atoms with van der Waals surface area (Å²) in [5.41, 5.74) is 13.7. The highest BCUT2D eigenvalue weighted by molar-refractivity contribution is 6.22. The lowest BCUT2D eigenvalue weighted by atomic mass is 9.92. The summed E-state index contributed by atoms with van der Waals surface area (Å²) in [5, 5.41) is 4.95. The van der Waals surface area contributed by atoms with E-state index in [9.17, 15) is 0 Å². The van der Waals surface area contributed by atoms with Gasteiger partial charge in [0, 0.05) is 33.2 Å². The molecule has 0 aliphatic carbocycles. The minimum Gasteiger partial charge on any atom is -0.309 e. The maximum atomic E-state index is 4.97. The number of hydrogen-bond donors (Lipinski definition) is 0. The van der Waals surface area contributed by atoms with Crippen LogP contribution < -0.4 is 0 Å². The van der Waals surface area contributed by atoms with Gasteiger partial charge in [0.15, 0.2) is 17.5 Å². The van der Waals surface area contributed by atoms with Gasteiger partial charge in [-0.2, -0.15) is 0 Å². The Morgan fingerprint density at radius 3 is 1.58 bits per heavy atom. The van der Waals surface area contributed by atoms with Crippen LogP contribution in [0, 0.1) is 13.8 Å². The predicted octanol–water partition coefficient (Wildman–Crippen LogP) is 13.1. The quantitative estimate of drug-likeness (QED) is 0.173. The van der Waals surface area contributed by atoms with Crippen LogP contribution in [-0.4, -0.2) is 19.5 Å². The predicted molar refractivity (Wildman–Crippen MR) is 228 cm³/mol. The van der Waals surface area contributed by atoms with Crippen molar-refractivity contribution >= 4 is 32.6 Å². The maximum Gasteiger partial charge on any atom is 0.164 e. The molecular formula is C51H36N4. The molecule has 55 heavy (non-hydrogen) atoms. The summed E-state index contributed by atoms with van der Waals surface area (Å²) >= 11 is 0. The van der Waals surface area contributed by atoms with Gasteiger partial charge in [-0.25, -0.2) is 15.0 Å². The Morgan fingerprint density at radius 2 is 0.891 bits per heavy atom. The first-order valence-corrected chi connectivity index (χ1v) is 18.7. The summed E-state index contributed by atoms with van der Waals surface area (Å²) in [6, 6.07) is 64.4. The van der Waals surface area contributed by atoms with Gasteiger partial charge in [0.25, 0.3) is 0 Å². The van der Waals surface area contributed by atoms with Crippen LogP contribution in [-0.2, 0) is 0 Å². The number of fused-ring (bicyclic) bond motifs is 5. The maximum absolute atomic E-state index is 4.97. The third-order valence-corrected chi connectivity index (χ3v) is 10.7. The Labute approximate surface area is 320 Å². The molecule has 0 saturated heterocycles. The highest BCUT2D eigenvalue weighted by atomic mass is 15.0. The van der Waals surface area contributed by atoms with Gasteiger partial charge >= 0.3 is 0 Å². The first-order valence-electron chi connectivity index (χ1n) is 18.7. The molecule has 0 bridgehead atoms. The van der Waals surface area contributed by atoms with Gasteiger partial charge in [0.1, 0.15) is 0 Å². The molecule has 4 nitrogen and oxygen atoms in total. The van der Waals surface area contributed by atoms with Gasteiger partial charge in [-0.15, -0.1) is 0 Å². The monoisotopic (exact) mass is 704 g/mol. The minimum absolute atomic E-state index is 0.639. The second-order valence-electron chi connectivity index (χ2n) is 14.2. The van der Waals surface area contributed by atoms with Crippen molar-refractivity contribution in [2.24, 2.45) is 0 Å². The molecule has 260 valence electrons. The van der Waals surface area contributed by atoms with Crippen molar-refractivity contribution < 1.29 is 0 Å². The van der Waals surface area contributed by atoms with Crippen LogP contribution >= 0.6 is 0 Å². The Kier molecular flexibility index (Phi) is 7.88. The van der Waals surface area contributed by atoms with E-state index in [1.807, 2.05) is 60.7 Å². The Bertz CT molecular complexity index is 2980. The fourth-order valence-corrected chi connectivity index (χ4v) is 7.91. The van der Waals surface area contributed by atoms with Gasteiger partial charge in [-0.1, -0.05) is 133 Å². The Balaban J connectivity index is 1.12. The lowest BCUT2D eigenvalue weighted by Crippen LogP contribution is -2.00. The minimum atomic E-state index is 0.639. The first-order chi connectivity index (χ1) is 27.1. The van der Waals surface area contributed by atoms with Crippen molar-refractivity contribution in [3.05, 3.63) is 193 Å². The smallest absolute Gasteiger partial charge is 0.164 e. The lowest BCUT2D eigenvalue weighted by Gasteiger charge is -2.13. The molecular weight excluding hydrogens is 669 g/mol. The second kappa shape index (κ2) is 13.4. The third-order valence-electron chi connectivity index (χ3n) is 10.7. The second-order valence-corrected chi connectivity index (χ2v) is 14.2. The molecule has 0 radical (unpaired) electrons. The van der Waals surface area contributed by atoms with Crippen LogP contribution in [0.4, 0.5) is 0 Å². The molecule has 2 heterocycles. The fraction of sp³-hybridized carbons (Fsp3) is 0.0392. The van der Waals surface area contributed by atoms with E-state index >= 15 is 0 Å². The van der Waals surface area contributed by atoms with Crippen LogP contribution in [0.2, 0.25) is 0 Å². The van der Waals surface area contributed by atoms with E-state index in [1.54, 1.807) is 0 Å². The van der Waals surface area contributed by atoms with Crippen LogP contribution in [0.15, 0.2) is 182 Å². The first kappa shape index (κ1) is 32.5. The molecule has 2 aromatic heterocycles. The molecule has 0 amide bonds. The van der Waals surface area contributed by atoms with Crippen LogP contribution in [0.25, 0.3) is 94.7 Å². The standard InChI is InChI=1S/C51H36N4/c1-33-13-9-11-19-42(33)44-31-39(22-21-34(44)2)40-26-29-46-45(32-40)48-43-20-12-10-14-35(43)25-30-47(48)55(46)41-27-23-38(24-28-41)51-53-49(36-15-5-3-6-16-36)52-50(54-51)37-17-7-4-8-18-37/h3-32H,1-2H3. The van der Waals surface area contributed by atoms with E-state index in [4.69, 9.17) is 15.0 Å². The molecule has 0 saturated carbocycles. The van der Waals surface area contributed by atoms with E-state index in [-0.39, 0.29) is 0 Å². The van der Waals surface area contributed by atoms with E-state index < -0.39 is 0 Å². The average molecular weight is 705 g/mol. The SMILES string of the molecule is Cc1ccccc1-c1cc(-c2ccc3c(c2)c2c4ccccc4ccc2n3-c2ccc(-c3nc(-c4ccccc4)nc(-c4ccccc4)n3)cc2)ccc1C. The fourth-order valence-electron chi connectivity index (χ4n) is 7.91. The van der Waals surface area contributed by atoms with Crippen molar-refractivity contribution in [1.82, 2.24) is 19.5 Å². The summed E-state index contributed by atoms with van der Waals surface area (Å²) in [6.07, 6.45) is 0. The molecule has 0 aliphatic rings. The van der Waals surface area contributed by atoms with Gasteiger partial charge in [-0.05, 0) is 107 Å². The van der Waals surface area contributed by atoms with Crippen LogP contribution in [0.5, 0.6) is 0 Å². The zero-order valence-electron chi connectivity index (χ0n) is 30.6. The molecule has 10 rings (SSSR count). The number of aromatic nitrogens is 4. The zero-order valence-corrected chi connectivity index (χ0v) is 30.6. The Hall–Kier alpha value is -7.17. The van der Waals surface area contributed by atoms with Crippen molar-refractivity contribution in [3.63, 3.8) is 0 Å². The van der Waals surface area contributed by atoms with Crippen molar-refractivity contribution in [3.8, 4) is 62.1 Å². The average Bonchev–Trinajstić information content (AvgIpc) is 3.59. The van der Waals surface area contributed by atoms with Gasteiger partial charge in [0.05, 0.1) is 11.0 Å². The highest BCUT2D eigenvalue weighted by Crippen LogP contribution is 2.40. The van der Waals surface area contributed by atoms with Crippen molar-refractivity contribution in [2.75, 3.05) is 0 Å². The number of aryl methyl sites for hydroxylation is 2. The van der Waals surface area contributed by atoms with Gasteiger partial charge in [-0.3, -0.25) is 0 Å². The third kappa shape index (κ3) is 5.76. The van der Waals surface area contributed by atoms with Gasteiger partial charge in [0.2, 0.25) is 0 Å². The van der Waals surface area contributed by atoms with Crippen LogP contribution in [0.1, 0.15) is 11.1 Å². The molecule has 0 spiro atoms. The summed E-state index contributed by atoms with van der Waals surface area (Å²) in [5.74, 6) is 1.94. The molecule has 0 N–H and O–H groups in total. The molecule has 0 aliphatic heterocycles. The largest absolute Gasteiger partial charge is 0.309 e. The van der Waals surface area contributed by atoms with Crippen molar-refractivity contribution in [2.45, 2.75) is 13.8 Å². The van der Waals surface area contributed by atoms with Crippen LogP contribution in [0.3, 0.4) is 0 Å². The Morgan fingerprint density at radius 1 is 0.364 bits per heavy atom. The summed E-state index contributed by atoms with van der Waals surface area (Å²) < 4.78 is 2.39. The van der Waals surface area contributed by atoms with E-state index in [2.05, 4.69) is 140 Å².